The first kappa shape index (κ1) is 14.3. The number of halogens is 1. The van der Waals surface area contributed by atoms with E-state index < -0.39 is 9.84 Å². The second-order valence-corrected chi connectivity index (χ2v) is 6.59. The predicted octanol–water partition coefficient (Wildman–Crippen LogP) is 3.13. The van der Waals surface area contributed by atoms with Crippen molar-refractivity contribution < 1.29 is 8.42 Å². The highest BCUT2D eigenvalue weighted by Crippen LogP contribution is 2.25. The molecule has 1 aromatic rings. The summed E-state index contributed by atoms with van der Waals surface area (Å²) in [4.78, 5) is 0.189. The molecule has 2 N–H and O–H groups in total. The van der Waals surface area contributed by atoms with Gasteiger partial charge in [0.2, 0.25) is 0 Å². The van der Waals surface area contributed by atoms with Gasteiger partial charge in [-0.25, -0.2) is 8.42 Å². The van der Waals surface area contributed by atoms with Crippen molar-refractivity contribution >= 4 is 27.1 Å². The normalized spacial score (nSPS) is 12.0. The van der Waals surface area contributed by atoms with Gasteiger partial charge in [0, 0.05) is 5.02 Å². The van der Waals surface area contributed by atoms with Gasteiger partial charge in [0.05, 0.1) is 16.3 Å². The first-order chi connectivity index (χ1) is 7.90. The molecule has 0 amide bonds. The van der Waals surface area contributed by atoms with Crippen LogP contribution in [0.25, 0.3) is 0 Å². The van der Waals surface area contributed by atoms with E-state index in [2.05, 4.69) is 0 Å². The van der Waals surface area contributed by atoms with Gasteiger partial charge in [0.25, 0.3) is 0 Å². The molecule has 3 nitrogen and oxygen atoms in total. The maximum absolute atomic E-state index is 12.2. The van der Waals surface area contributed by atoms with Crippen molar-refractivity contribution in [3.8, 4) is 0 Å². The highest BCUT2D eigenvalue weighted by atomic mass is 35.5. The third-order valence-corrected chi connectivity index (χ3v) is 5.10. The van der Waals surface area contributed by atoms with E-state index in [1.54, 1.807) is 6.07 Å². The maximum atomic E-state index is 12.2. The van der Waals surface area contributed by atoms with Gasteiger partial charge in [-0.2, -0.15) is 0 Å². The molecule has 0 aromatic heterocycles. The molecule has 0 radical (unpaired) electrons. The second kappa shape index (κ2) is 5.74. The summed E-state index contributed by atoms with van der Waals surface area (Å²) in [6.07, 6.45) is 1.70. The molecule has 0 aliphatic heterocycles. The van der Waals surface area contributed by atoms with E-state index in [-0.39, 0.29) is 22.3 Å². The molecule has 5 heteroatoms. The van der Waals surface area contributed by atoms with Gasteiger partial charge in [0.1, 0.15) is 0 Å². The molecule has 1 rings (SSSR count). The average molecular weight is 276 g/mol. The Bertz CT molecular complexity index is 481. The summed E-state index contributed by atoms with van der Waals surface area (Å²) in [6.45, 7) is 3.99. The monoisotopic (exact) mass is 275 g/mol. The smallest absolute Gasteiger partial charge is 0.180 e. The molecule has 0 aliphatic carbocycles. The number of nitrogen functional groups attached to an aromatic ring is 1. The molecule has 17 heavy (non-hydrogen) atoms. The summed E-state index contributed by atoms with van der Waals surface area (Å²) in [7, 11) is -3.31. The Morgan fingerprint density at radius 3 is 2.35 bits per heavy atom. The van der Waals surface area contributed by atoms with Crippen LogP contribution in [0.5, 0.6) is 0 Å². The van der Waals surface area contributed by atoms with Crippen molar-refractivity contribution in [3.05, 3.63) is 23.2 Å². The SMILES string of the molecule is CCC(CC)CS(=O)(=O)c1ccc(Cl)cc1N. The van der Waals surface area contributed by atoms with Crippen LogP contribution in [0, 0.1) is 5.92 Å². The van der Waals surface area contributed by atoms with E-state index in [4.69, 9.17) is 17.3 Å². The Kier molecular flexibility index (Phi) is 4.83. The van der Waals surface area contributed by atoms with Gasteiger partial charge in [-0.15, -0.1) is 0 Å². The molecule has 0 aliphatic rings. The number of sulfone groups is 1. The molecular weight excluding hydrogens is 258 g/mol. The van der Waals surface area contributed by atoms with E-state index in [9.17, 15) is 8.42 Å². The Labute approximate surface area is 108 Å². The van der Waals surface area contributed by atoms with Gasteiger partial charge < -0.3 is 5.73 Å². The number of rotatable bonds is 5. The second-order valence-electron chi connectivity index (χ2n) is 4.15. The van der Waals surface area contributed by atoms with Crippen LogP contribution in [-0.2, 0) is 9.84 Å². The molecule has 0 saturated heterocycles. The fraction of sp³-hybridized carbons (Fsp3) is 0.500. The standard InChI is InChI=1S/C12H18ClNO2S/c1-3-9(4-2)8-17(15,16)12-6-5-10(13)7-11(12)14/h5-7,9H,3-4,8,14H2,1-2H3. The van der Waals surface area contributed by atoms with Gasteiger partial charge in [0.15, 0.2) is 9.84 Å². The number of anilines is 1. The third-order valence-electron chi connectivity index (χ3n) is 2.92. The van der Waals surface area contributed by atoms with E-state index in [1.165, 1.54) is 12.1 Å². The summed E-state index contributed by atoms with van der Waals surface area (Å²) in [5, 5.41) is 0.448. The minimum Gasteiger partial charge on any atom is -0.398 e. The van der Waals surface area contributed by atoms with Crippen LogP contribution in [0.2, 0.25) is 5.02 Å². The van der Waals surface area contributed by atoms with Crippen LogP contribution in [0.4, 0.5) is 5.69 Å². The Hall–Kier alpha value is -0.740. The van der Waals surface area contributed by atoms with Crippen molar-refractivity contribution in [2.24, 2.45) is 5.92 Å². The quantitative estimate of drug-likeness (QED) is 0.840. The summed E-state index contributed by atoms with van der Waals surface area (Å²) in [5.41, 5.74) is 5.93. The third kappa shape index (κ3) is 3.61. The highest BCUT2D eigenvalue weighted by Gasteiger charge is 2.21. The summed E-state index contributed by atoms with van der Waals surface area (Å²) in [5.74, 6) is 0.321. The summed E-state index contributed by atoms with van der Waals surface area (Å²) < 4.78 is 24.3. The maximum Gasteiger partial charge on any atom is 0.180 e. The number of hydrogen-bond donors (Lipinski definition) is 1. The fourth-order valence-corrected chi connectivity index (χ4v) is 3.87. The van der Waals surface area contributed by atoms with E-state index in [1.807, 2.05) is 13.8 Å². The van der Waals surface area contributed by atoms with Gasteiger partial charge in [-0.1, -0.05) is 38.3 Å². The molecule has 96 valence electrons. The molecular formula is C12H18ClNO2S. The summed E-state index contributed by atoms with van der Waals surface area (Å²) in [6, 6.07) is 4.51. The van der Waals surface area contributed by atoms with Gasteiger partial charge >= 0.3 is 0 Å². The van der Waals surface area contributed by atoms with Gasteiger partial charge in [-0.05, 0) is 24.1 Å². The highest BCUT2D eigenvalue weighted by molar-refractivity contribution is 7.91. The Morgan fingerprint density at radius 1 is 1.29 bits per heavy atom. The lowest BCUT2D eigenvalue weighted by Crippen LogP contribution is -2.16. The first-order valence-electron chi connectivity index (χ1n) is 5.68. The van der Waals surface area contributed by atoms with Crippen molar-refractivity contribution in [3.63, 3.8) is 0 Å². The lowest BCUT2D eigenvalue weighted by Gasteiger charge is -2.14. The largest absolute Gasteiger partial charge is 0.398 e. The van der Waals surface area contributed by atoms with Crippen molar-refractivity contribution in [2.75, 3.05) is 11.5 Å². The lowest BCUT2D eigenvalue weighted by atomic mass is 10.1. The molecule has 0 fully saturated rings. The zero-order valence-corrected chi connectivity index (χ0v) is 11.7. The Morgan fingerprint density at radius 2 is 1.88 bits per heavy atom. The van der Waals surface area contributed by atoms with Crippen LogP contribution in [-0.4, -0.2) is 14.2 Å². The number of hydrogen-bond acceptors (Lipinski definition) is 3. The number of nitrogens with two attached hydrogens (primary N) is 1. The molecule has 1 aromatic carbocycles. The Balaban J connectivity index is 3.05. The lowest BCUT2D eigenvalue weighted by molar-refractivity contribution is 0.523. The molecule has 0 atom stereocenters. The zero-order chi connectivity index (χ0) is 13.1. The first-order valence-corrected chi connectivity index (χ1v) is 7.71. The minimum atomic E-state index is -3.31. The molecule has 0 unspecified atom stereocenters. The van der Waals surface area contributed by atoms with Crippen molar-refractivity contribution in [1.82, 2.24) is 0 Å². The minimum absolute atomic E-state index is 0.145. The van der Waals surface area contributed by atoms with Crippen LogP contribution >= 0.6 is 11.6 Å². The number of benzene rings is 1. The van der Waals surface area contributed by atoms with Crippen LogP contribution < -0.4 is 5.73 Å². The topological polar surface area (TPSA) is 60.2 Å². The van der Waals surface area contributed by atoms with Crippen molar-refractivity contribution in [2.45, 2.75) is 31.6 Å². The van der Waals surface area contributed by atoms with Crippen LogP contribution in [0.15, 0.2) is 23.1 Å². The van der Waals surface area contributed by atoms with Gasteiger partial charge in [-0.3, -0.25) is 0 Å². The molecule has 0 heterocycles. The zero-order valence-electron chi connectivity index (χ0n) is 10.1. The predicted molar refractivity (Wildman–Crippen MR) is 72.0 cm³/mol. The molecule has 0 spiro atoms. The van der Waals surface area contributed by atoms with Crippen molar-refractivity contribution in [1.29, 1.82) is 0 Å². The molecule has 0 saturated carbocycles. The fourth-order valence-electron chi connectivity index (χ4n) is 1.73. The molecule has 0 bridgehead atoms. The van der Waals surface area contributed by atoms with E-state index in [0.29, 0.717) is 5.02 Å². The van der Waals surface area contributed by atoms with Crippen LogP contribution in [0.1, 0.15) is 26.7 Å². The average Bonchev–Trinajstić information content (AvgIpc) is 2.25. The van der Waals surface area contributed by atoms with E-state index >= 15 is 0 Å². The van der Waals surface area contributed by atoms with Crippen LogP contribution in [0.3, 0.4) is 0 Å². The summed E-state index contributed by atoms with van der Waals surface area (Å²) >= 11 is 5.75. The van der Waals surface area contributed by atoms with E-state index in [0.717, 1.165) is 12.8 Å².